The molecule has 0 aromatic carbocycles. The maximum Gasteiger partial charge on any atom is 0.407 e. The van der Waals surface area contributed by atoms with Gasteiger partial charge in [-0.05, 0) is 12.8 Å². The molecule has 0 radical (unpaired) electrons. The van der Waals surface area contributed by atoms with E-state index >= 15 is 0 Å². The molecule has 0 bridgehead atoms. The van der Waals surface area contributed by atoms with E-state index in [1.54, 1.807) is 11.7 Å². The highest BCUT2D eigenvalue weighted by Crippen LogP contribution is 2.14. The van der Waals surface area contributed by atoms with Crippen LogP contribution < -0.4 is 5.32 Å². The molecular formula is C12H19IN2O2S. The first-order chi connectivity index (χ1) is 8.65. The zero-order chi connectivity index (χ0) is 13.4. The van der Waals surface area contributed by atoms with Crippen LogP contribution in [-0.2, 0) is 11.3 Å². The van der Waals surface area contributed by atoms with Gasteiger partial charge >= 0.3 is 6.09 Å². The summed E-state index contributed by atoms with van der Waals surface area (Å²) in [6.07, 6.45) is 3.28. The van der Waals surface area contributed by atoms with Crippen LogP contribution in [0.1, 0.15) is 31.6 Å². The van der Waals surface area contributed by atoms with Gasteiger partial charge in [0, 0.05) is 16.2 Å². The van der Waals surface area contributed by atoms with Gasteiger partial charge in [-0.3, -0.25) is 4.98 Å². The van der Waals surface area contributed by atoms with Gasteiger partial charge in [-0.2, -0.15) is 0 Å². The molecule has 1 heterocycles. The van der Waals surface area contributed by atoms with E-state index in [0.717, 1.165) is 17.7 Å². The molecule has 1 aromatic rings. The van der Waals surface area contributed by atoms with Crippen molar-refractivity contribution in [3.63, 3.8) is 0 Å². The zero-order valence-electron chi connectivity index (χ0n) is 10.7. The fourth-order valence-electron chi connectivity index (χ4n) is 1.44. The van der Waals surface area contributed by atoms with Crippen molar-refractivity contribution in [3.05, 3.63) is 16.6 Å². The fraction of sp³-hybridized carbons (Fsp3) is 0.583. The summed E-state index contributed by atoms with van der Waals surface area (Å²) in [6.45, 7) is 4.56. The number of carbonyl (C=O) groups excluding carboxylic acids is 1. The lowest BCUT2D eigenvalue weighted by molar-refractivity contribution is 0.136. The highest BCUT2D eigenvalue weighted by atomic mass is 127. The number of rotatable bonds is 7. The second kappa shape index (κ2) is 8.58. The Hall–Kier alpha value is -0.500. The summed E-state index contributed by atoms with van der Waals surface area (Å²) in [4.78, 5) is 16.5. The van der Waals surface area contributed by atoms with E-state index in [9.17, 15) is 4.79 Å². The van der Waals surface area contributed by atoms with Gasteiger partial charge < -0.3 is 10.1 Å². The summed E-state index contributed by atoms with van der Waals surface area (Å²) in [5.74, 6) is 0. The number of nitrogens with zero attached hydrogens (tertiary/aromatic N) is 1. The molecule has 0 spiro atoms. The van der Waals surface area contributed by atoms with Crippen LogP contribution in [0.3, 0.4) is 0 Å². The second-order valence-electron chi connectivity index (χ2n) is 3.96. The number of aromatic nitrogens is 1. The zero-order valence-corrected chi connectivity index (χ0v) is 13.7. The summed E-state index contributed by atoms with van der Waals surface area (Å²) in [5, 5.41) is 2.91. The van der Waals surface area contributed by atoms with Crippen LogP contribution in [0.2, 0.25) is 0 Å². The van der Waals surface area contributed by atoms with Crippen molar-refractivity contribution < 1.29 is 9.53 Å². The monoisotopic (exact) mass is 382 g/mol. The van der Waals surface area contributed by atoms with Gasteiger partial charge in [0.05, 0.1) is 10.4 Å². The largest absolute Gasteiger partial charge is 0.444 e. The minimum Gasteiger partial charge on any atom is -0.444 e. The van der Waals surface area contributed by atoms with Crippen molar-refractivity contribution in [3.8, 4) is 0 Å². The molecule has 0 aliphatic carbocycles. The average molecular weight is 382 g/mol. The van der Waals surface area contributed by atoms with Crippen molar-refractivity contribution in [1.82, 2.24) is 10.3 Å². The van der Waals surface area contributed by atoms with E-state index in [-0.39, 0.29) is 32.9 Å². The molecule has 1 amide bonds. The Bertz CT molecular complexity index is 370. The molecule has 1 aromatic heterocycles. The van der Waals surface area contributed by atoms with Gasteiger partial charge in [0.1, 0.15) is 6.61 Å². The molecule has 1 N–H and O–H groups in total. The smallest absolute Gasteiger partial charge is 0.407 e. The number of alkyl carbamates (subject to hydrolysis) is 1. The molecule has 4 nitrogen and oxygen atoms in total. The quantitative estimate of drug-likeness (QED) is 0.582. The maximum absolute atomic E-state index is 11.6. The molecule has 0 aliphatic rings. The molecule has 6 heteroatoms. The van der Waals surface area contributed by atoms with Gasteiger partial charge in [-0.15, -0.1) is 32.1 Å². The molecule has 0 aliphatic heterocycles. The van der Waals surface area contributed by atoms with Crippen LogP contribution in [-0.4, -0.2) is 25.6 Å². The van der Waals surface area contributed by atoms with E-state index in [1.807, 2.05) is 0 Å². The predicted octanol–water partition coefficient (Wildman–Crippen LogP) is 3.33. The number of ether oxygens (including phenoxy) is 1. The Morgan fingerprint density at radius 1 is 1.72 bits per heavy atom. The minimum atomic E-state index is -0.343. The molecule has 0 saturated heterocycles. The third-order valence-corrected chi connectivity index (χ3v) is 5.28. The van der Waals surface area contributed by atoms with Gasteiger partial charge in [0.2, 0.25) is 0 Å². The molecule has 2 unspecified atom stereocenters. The number of hydrogen-bond acceptors (Lipinski definition) is 4. The number of hydrogen-bond donors (Lipinski definition) is 1. The Morgan fingerprint density at radius 2 is 2.50 bits per heavy atom. The van der Waals surface area contributed by atoms with Crippen LogP contribution >= 0.6 is 32.1 Å². The molecule has 102 valence electrons. The fourth-order valence-corrected chi connectivity index (χ4v) is 2.92. The molecule has 2 atom stereocenters. The second-order valence-corrected chi connectivity index (χ2v) is 7.94. The third kappa shape index (κ3) is 5.90. The van der Waals surface area contributed by atoms with E-state index in [2.05, 4.69) is 28.7 Å². The molecule has 0 saturated carbocycles. The van der Waals surface area contributed by atoms with E-state index in [4.69, 9.17) is 4.74 Å². The van der Waals surface area contributed by atoms with Crippen LogP contribution in [0.25, 0.3) is 0 Å². The van der Waals surface area contributed by atoms with Crippen molar-refractivity contribution in [2.45, 2.75) is 43.3 Å². The molecule has 18 heavy (non-hydrogen) atoms. The number of halogens is 1. The van der Waals surface area contributed by atoms with Crippen molar-refractivity contribution in [2.24, 2.45) is 0 Å². The normalized spacial score (nSPS) is 13.9. The lowest BCUT2D eigenvalue weighted by atomic mass is 10.1. The number of thiazole rings is 1. The van der Waals surface area contributed by atoms with Gasteiger partial charge in [0.15, 0.2) is 0 Å². The Morgan fingerprint density at radius 3 is 3.06 bits per heavy atom. The SMILES string of the molecule is C=IC(C)CC(CC)NC(=O)OCc1cncs1. The van der Waals surface area contributed by atoms with Crippen LogP contribution in [0, 0.1) is 0 Å². The highest BCUT2D eigenvalue weighted by Gasteiger charge is 2.13. The first kappa shape index (κ1) is 15.6. The molecule has 1 rings (SSSR count). The summed E-state index contributed by atoms with van der Waals surface area (Å²) in [6, 6.07) is 0.190. The maximum atomic E-state index is 11.6. The minimum absolute atomic E-state index is 0.00823. The number of nitrogens with one attached hydrogen (secondary N) is 1. The van der Waals surface area contributed by atoms with Crippen LogP contribution in [0.4, 0.5) is 4.79 Å². The van der Waals surface area contributed by atoms with Gasteiger partial charge in [0.25, 0.3) is 0 Å². The average Bonchev–Trinajstić information content (AvgIpc) is 2.88. The summed E-state index contributed by atoms with van der Waals surface area (Å²) in [7, 11) is 0. The van der Waals surface area contributed by atoms with E-state index < -0.39 is 0 Å². The third-order valence-electron chi connectivity index (χ3n) is 2.52. The predicted molar refractivity (Wildman–Crippen MR) is 84.7 cm³/mol. The lowest BCUT2D eigenvalue weighted by Crippen LogP contribution is -2.36. The first-order valence-electron chi connectivity index (χ1n) is 5.83. The molecule has 0 fully saturated rings. The Balaban J connectivity index is 2.30. The summed E-state index contributed by atoms with van der Waals surface area (Å²) < 4.78 is 9.75. The number of amides is 1. The highest BCUT2D eigenvalue weighted by molar-refractivity contribution is 14.2. The van der Waals surface area contributed by atoms with Crippen molar-refractivity contribution >= 4 is 42.7 Å². The number of alkyl halides is 1. The standard InChI is InChI=1S/C12H19IN2O2S/c1-4-10(5-9(2)13-3)15-12(16)17-7-11-6-14-8-18-11/h6,8-10H,3-5,7H2,1-2H3,(H,15,16). The first-order valence-corrected chi connectivity index (χ1v) is 9.48. The van der Waals surface area contributed by atoms with E-state index in [1.165, 1.54) is 11.3 Å². The molecular weight excluding hydrogens is 363 g/mol. The summed E-state index contributed by atoms with van der Waals surface area (Å²) >= 11 is 1.48. The van der Waals surface area contributed by atoms with Crippen molar-refractivity contribution in [2.75, 3.05) is 0 Å². The van der Waals surface area contributed by atoms with Crippen LogP contribution in [0.5, 0.6) is 0 Å². The summed E-state index contributed by atoms with van der Waals surface area (Å²) in [5.41, 5.74) is 1.73. The lowest BCUT2D eigenvalue weighted by Gasteiger charge is -2.18. The Labute approximate surface area is 122 Å². The van der Waals surface area contributed by atoms with Gasteiger partial charge in [-0.1, -0.05) is 18.4 Å². The number of carbonyl (C=O) groups is 1. The van der Waals surface area contributed by atoms with Crippen molar-refractivity contribution in [1.29, 1.82) is 0 Å². The topological polar surface area (TPSA) is 51.2 Å². The van der Waals surface area contributed by atoms with Crippen LogP contribution in [0.15, 0.2) is 11.7 Å². The Kier molecular flexibility index (Phi) is 7.41. The van der Waals surface area contributed by atoms with E-state index in [0.29, 0.717) is 10.5 Å². The van der Waals surface area contributed by atoms with Gasteiger partial charge in [-0.25, -0.2) is 4.79 Å².